The number of hydrogen-bond acceptors (Lipinski definition) is 1. The van der Waals surface area contributed by atoms with Crippen LogP contribution in [-0.4, -0.2) is 5.11 Å². The summed E-state index contributed by atoms with van der Waals surface area (Å²) in [5.74, 6) is -0.738. The summed E-state index contributed by atoms with van der Waals surface area (Å²) in [6.45, 7) is 10.4. The third-order valence-electron chi connectivity index (χ3n) is 1.84. The number of hydrogen-bond donors (Lipinski definition) is 1. The standard InChI is InChI=1S/C10H10FNO/c1-6(2)7-4-9(12-3)10(13)5-8(7)11/h4-6,13H,1-2H3. The molecule has 1 aromatic carbocycles. The lowest BCUT2D eigenvalue weighted by molar-refractivity contribution is 0.470. The summed E-state index contributed by atoms with van der Waals surface area (Å²) in [7, 11) is 0. The van der Waals surface area contributed by atoms with Crippen LogP contribution in [0.15, 0.2) is 12.1 Å². The van der Waals surface area contributed by atoms with Crippen LogP contribution in [-0.2, 0) is 0 Å². The van der Waals surface area contributed by atoms with Crippen molar-refractivity contribution in [2.75, 3.05) is 0 Å². The Kier molecular flexibility index (Phi) is 2.52. The zero-order chi connectivity index (χ0) is 10.0. The lowest BCUT2D eigenvalue weighted by Gasteiger charge is -2.08. The van der Waals surface area contributed by atoms with Crippen molar-refractivity contribution in [2.24, 2.45) is 0 Å². The Hall–Kier alpha value is -1.56. The summed E-state index contributed by atoms with van der Waals surface area (Å²) in [4.78, 5) is 3.09. The summed E-state index contributed by atoms with van der Waals surface area (Å²) >= 11 is 0. The SMILES string of the molecule is [C-]#[N+]c1cc(C(C)C)c(F)cc1O. The first-order chi connectivity index (χ1) is 6.06. The highest BCUT2D eigenvalue weighted by atomic mass is 19.1. The quantitative estimate of drug-likeness (QED) is 0.658. The van der Waals surface area contributed by atoms with E-state index in [1.165, 1.54) is 6.07 Å². The molecule has 0 amide bonds. The predicted molar refractivity (Wildman–Crippen MR) is 48.4 cm³/mol. The van der Waals surface area contributed by atoms with Crippen LogP contribution in [0.4, 0.5) is 10.1 Å². The summed E-state index contributed by atoms with van der Waals surface area (Å²) in [6, 6.07) is 2.38. The van der Waals surface area contributed by atoms with Gasteiger partial charge < -0.3 is 5.11 Å². The van der Waals surface area contributed by atoms with Gasteiger partial charge in [0.1, 0.15) is 11.6 Å². The fourth-order valence-corrected chi connectivity index (χ4v) is 1.10. The van der Waals surface area contributed by atoms with Crippen LogP contribution >= 0.6 is 0 Å². The van der Waals surface area contributed by atoms with E-state index in [0.717, 1.165) is 6.07 Å². The molecule has 0 heterocycles. The molecule has 0 spiro atoms. The summed E-state index contributed by atoms with van der Waals surface area (Å²) in [5, 5.41) is 9.14. The molecule has 68 valence electrons. The van der Waals surface area contributed by atoms with Crippen LogP contribution in [0, 0.1) is 12.4 Å². The second kappa shape index (κ2) is 3.44. The van der Waals surface area contributed by atoms with Crippen LogP contribution in [0.3, 0.4) is 0 Å². The molecule has 1 aromatic rings. The Morgan fingerprint density at radius 1 is 1.46 bits per heavy atom. The van der Waals surface area contributed by atoms with Gasteiger partial charge in [-0.3, -0.25) is 0 Å². The van der Waals surface area contributed by atoms with E-state index in [0.29, 0.717) is 5.56 Å². The normalized spacial score (nSPS) is 10.1. The minimum absolute atomic E-state index is 0.0149. The third-order valence-corrected chi connectivity index (χ3v) is 1.84. The van der Waals surface area contributed by atoms with E-state index in [2.05, 4.69) is 4.85 Å². The van der Waals surface area contributed by atoms with Crippen LogP contribution in [0.2, 0.25) is 0 Å². The molecule has 0 aliphatic heterocycles. The van der Waals surface area contributed by atoms with E-state index in [1.54, 1.807) is 0 Å². The van der Waals surface area contributed by atoms with Crippen molar-refractivity contribution in [3.05, 3.63) is 34.9 Å². The average molecular weight is 179 g/mol. The maximum atomic E-state index is 13.2. The highest BCUT2D eigenvalue weighted by molar-refractivity contribution is 5.58. The summed E-state index contributed by atoms with van der Waals surface area (Å²) < 4.78 is 13.2. The second-order valence-corrected chi connectivity index (χ2v) is 3.13. The van der Waals surface area contributed by atoms with Crippen LogP contribution < -0.4 is 0 Å². The third kappa shape index (κ3) is 1.78. The Labute approximate surface area is 76.5 Å². The van der Waals surface area contributed by atoms with Gasteiger partial charge in [0, 0.05) is 6.07 Å². The van der Waals surface area contributed by atoms with Gasteiger partial charge in [-0.1, -0.05) is 13.8 Å². The fourth-order valence-electron chi connectivity index (χ4n) is 1.10. The molecule has 0 aromatic heterocycles. The second-order valence-electron chi connectivity index (χ2n) is 3.13. The van der Waals surface area contributed by atoms with Gasteiger partial charge in [-0.25, -0.2) is 9.24 Å². The van der Waals surface area contributed by atoms with Crippen molar-refractivity contribution in [3.8, 4) is 5.75 Å². The maximum Gasteiger partial charge on any atom is 0.228 e. The number of phenolic OH excluding ortho intramolecular Hbond substituents is 1. The Morgan fingerprint density at radius 2 is 2.08 bits per heavy atom. The number of benzene rings is 1. The first-order valence-corrected chi connectivity index (χ1v) is 3.96. The van der Waals surface area contributed by atoms with E-state index >= 15 is 0 Å². The van der Waals surface area contributed by atoms with Gasteiger partial charge in [-0.2, -0.15) is 0 Å². The highest BCUT2D eigenvalue weighted by Crippen LogP contribution is 2.32. The van der Waals surface area contributed by atoms with Gasteiger partial charge in [0.05, 0.1) is 6.57 Å². The maximum absolute atomic E-state index is 13.2. The van der Waals surface area contributed by atoms with E-state index in [1.807, 2.05) is 13.8 Å². The number of rotatable bonds is 1. The lowest BCUT2D eigenvalue weighted by Crippen LogP contribution is -1.91. The molecule has 0 radical (unpaired) electrons. The number of aromatic hydroxyl groups is 1. The van der Waals surface area contributed by atoms with Gasteiger partial charge in [0.2, 0.25) is 5.69 Å². The molecular formula is C10H10FNO. The molecule has 3 heteroatoms. The monoisotopic (exact) mass is 179 g/mol. The van der Waals surface area contributed by atoms with Gasteiger partial charge in [0.15, 0.2) is 0 Å². The minimum Gasteiger partial charge on any atom is -0.519 e. The van der Waals surface area contributed by atoms with E-state index < -0.39 is 5.82 Å². The first-order valence-electron chi connectivity index (χ1n) is 3.96. The molecule has 0 aliphatic carbocycles. The van der Waals surface area contributed by atoms with Crippen LogP contribution in [0.1, 0.15) is 25.3 Å². The smallest absolute Gasteiger partial charge is 0.228 e. The number of nitrogens with zero attached hydrogens (tertiary/aromatic N) is 1. The van der Waals surface area contributed by atoms with Gasteiger partial charge in [0.25, 0.3) is 0 Å². The van der Waals surface area contributed by atoms with Crippen molar-refractivity contribution < 1.29 is 9.50 Å². The molecule has 0 unspecified atom stereocenters. The molecule has 13 heavy (non-hydrogen) atoms. The Bertz CT molecular complexity index is 366. The van der Waals surface area contributed by atoms with Gasteiger partial charge in [-0.15, -0.1) is 0 Å². The lowest BCUT2D eigenvalue weighted by atomic mass is 10.0. The molecular weight excluding hydrogens is 169 g/mol. The molecule has 0 saturated carbocycles. The van der Waals surface area contributed by atoms with E-state index in [-0.39, 0.29) is 17.4 Å². The predicted octanol–water partition coefficient (Wildman–Crippen LogP) is 3.21. The highest BCUT2D eigenvalue weighted by Gasteiger charge is 2.11. The summed E-state index contributed by atoms with van der Waals surface area (Å²) in [5.41, 5.74) is 0.564. The van der Waals surface area contributed by atoms with Gasteiger partial charge >= 0.3 is 0 Å². The first kappa shape index (κ1) is 9.53. The zero-order valence-electron chi connectivity index (χ0n) is 7.50. The van der Waals surface area contributed by atoms with Crippen molar-refractivity contribution in [1.29, 1.82) is 0 Å². The number of phenols is 1. The molecule has 0 bridgehead atoms. The van der Waals surface area contributed by atoms with E-state index in [4.69, 9.17) is 11.7 Å². The molecule has 1 N–H and O–H groups in total. The fraction of sp³-hybridized carbons (Fsp3) is 0.300. The molecule has 0 fully saturated rings. The largest absolute Gasteiger partial charge is 0.519 e. The Balaban J connectivity index is 3.33. The molecule has 0 aliphatic rings. The van der Waals surface area contributed by atoms with Gasteiger partial charge in [-0.05, 0) is 17.5 Å². The molecule has 1 rings (SSSR count). The zero-order valence-corrected chi connectivity index (χ0v) is 7.50. The Morgan fingerprint density at radius 3 is 2.54 bits per heavy atom. The van der Waals surface area contributed by atoms with Crippen molar-refractivity contribution >= 4 is 5.69 Å². The average Bonchev–Trinajstić information content (AvgIpc) is 2.03. The topological polar surface area (TPSA) is 24.6 Å². The summed E-state index contributed by atoms with van der Waals surface area (Å²) in [6.07, 6.45) is 0. The molecule has 2 nitrogen and oxygen atoms in total. The van der Waals surface area contributed by atoms with E-state index in [9.17, 15) is 4.39 Å². The van der Waals surface area contributed by atoms with Crippen LogP contribution in [0.5, 0.6) is 5.75 Å². The van der Waals surface area contributed by atoms with Crippen molar-refractivity contribution in [2.45, 2.75) is 19.8 Å². The van der Waals surface area contributed by atoms with Crippen molar-refractivity contribution in [3.63, 3.8) is 0 Å². The minimum atomic E-state index is -0.458. The molecule has 0 atom stereocenters. The van der Waals surface area contributed by atoms with Crippen LogP contribution in [0.25, 0.3) is 4.85 Å². The van der Waals surface area contributed by atoms with Crippen molar-refractivity contribution in [1.82, 2.24) is 0 Å². The number of halogens is 1. The molecule has 0 saturated heterocycles.